The van der Waals surface area contributed by atoms with Crippen LogP contribution in [0.3, 0.4) is 0 Å². The summed E-state index contributed by atoms with van der Waals surface area (Å²) in [5, 5.41) is 0. The molecule has 0 aliphatic heterocycles. The first kappa shape index (κ1) is 9.04. The van der Waals surface area contributed by atoms with E-state index in [4.69, 9.17) is 4.74 Å². The Balaban J connectivity index is 2.86. The van der Waals surface area contributed by atoms with Gasteiger partial charge in [-0.3, -0.25) is 4.79 Å². The van der Waals surface area contributed by atoms with E-state index >= 15 is 0 Å². The number of ketones is 1. The third-order valence-corrected chi connectivity index (χ3v) is 1.98. The molecule has 0 radical (unpaired) electrons. The molecule has 1 aliphatic rings. The van der Waals surface area contributed by atoms with Crippen molar-refractivity contribution in [3.63, 3.8) is 0 Å². The van der Waals surface area contributed by atoms with E-state index in [1.165, 1.54) is 0 Å². The van der Waals surface area contributed by atoms with E-state index < -0.39 is 0 Å². The predicted octanol–water partition coefficient (Wildman–Crippen LogP) is 2.22. The van der Waals surface area contributed by atoms with Crippen LogP contribution >= 0.6 is 0 Å². The monoisotopic (exact) mass is 166 g/mol. The van der Waals surface area contributed by atoms with Gasteiger partial charge in [0.05, 0.1) is 6.61 Å². The first-order valence-electron chi connectivity index (χ1n) is 4.23. The molecule has 0 bridgehead atoms. The highest BCUT2D eigenvalue weighted by Gasteiger charge is 2.25. The maximum atomic E-state index is 11.5. The van der Waals surface area contributed by atoms with Crippen LogP contribution in [0.4, 0.5) is 0 Å². The summed E-state index contributed by atoms with van der Waals surface area (Å²) in [6.07, 6.45) is 2.61. The summed E-state index contributed by atoms with van der Waals surface area (Å²) in [6.45, 7) is 6.28. The van der Waals surface area contributed by atoms with E-state index in [0.717, 1.165) is 17.6 Å². The van der Waals surface area contributed by atoms with Gasteiger partial charge in [-0.15, -0.1) is 0 Å². The minimum atomic E-state index is 0.0665. The van der Waals surface area contributed by atoms with E-state index in [0.29, 0.717) is 12.4 Å². The van der Waals surface area contributed by atoms with Crippen LogP contribution in [0.2, 0.25) is 0 Å². The number of carbonyl (C=O) groups excluding carboxylic acids is 1. The number of carbonyl (C=O) groups is 1. The Morgan fingerprint density at radius 3 is 2.67 bits per heavy atom. The van der Waals surface area contributed by atoms with Crippen molar-refractivity contribution in [2.24, 2.45) is 0 Å². The fraction of sp³-hybridized carbons (Fsp3) is 0.500. The van der Waals surface area contributed by atoms with Gasteiger partial charge in [0.25, 0.3) is 0 Å². The molecule has 0 aromatic carbocycles. The second-order valence-electron chi connectivity index (χ2n) is 2.86. The van der Waals surface area contributed by atoms with E-state index in [-0.39, 0.29) is 5.78 Å². The molecule has 2 nitrogen and oxygen atoms in total. The molecule has 0 saturated carbocycles. The van der Waals surface area contributed by atoms with Crippen LogP contribution in [0.25, 0.3) is 0 Å². The van der Waals surface area contributed by atoms with Gasteiger partial charge in [0.2, 0.25) is 5.78 Å². The molecule has 1 aliphatic carbocycles. The van der Waals surface area contributed by atoms with Crippen molar-refractivity contribution in [2.45, 2.75) is 27.2 Å². The quantitative estimate of drug-likeness (QED) is 0.588. The maximum absolute atomic E-state index is 11.5. The second-order valence-corrected chi connectivity index (χ2v) is 2.86. The highest BCUT2D eigenvalue weighted by Crippen LogP contribution is 2.27. The summed E-state index contributed by atoms with van der Waals surface area (Å²) >= 11 is 0. The standard InChI is InChI=1S/C10H14O2/c1-4-8-6-7(3)10(9(8)11)12-5-2/h4H,5-6H2,1-3H3/b8-4-. The van der Waals surface area contributed by atoms with Gasteiger partial charge in [-0.2, -0.15) is 0 Å². The molecule has 0 atom stereocenters. The summed E-state index contributed by atoms with van der Waals surface area (Å²) in [5.41, 5.74) is 1.91. The SMILES string of the molecule is C/C=C1/CC(C)=C(OCC)C1=O. The molecular weight excluding hydrogens is 152 g/mol. The molecule has 0 aromatic rings. The Morgan fingerprint density at radius 1 is 1.58 bits per heavy atom. The van der Waals surface area contributed by atoms with Crippen LogP contribution in [0.1, 0.15) is 27.2 Å². The maximum Gasteiger partial charge on any atom is 0.223 e. The number of ether oxygens (including phenoxy) is 1. The average Bonchev–Trinajstić information content (AvgIpc) is 2.32. The molecule has 0 amide bonds. The molecule has 0 heterocycles. The minimum absolute atomic E-state index is 0.0665. The van der Waals surface area contributed by atoms with Crippen molar-refractivity contribution in [1.29, 1.82) is 0 Å². The number of hydrogen-bond acceptors (Lipinski definition) is 2. The van der Waals surface area contributed by atoms with Crippen LogP contribution in [0.5, 0.6) is 0 Å². The third kappa shape index (κ3) is 1.42. The molecule has 0 fully saturated rings. The van der Waals surface area contributed by atoms with Gasteiger partial charge in [0.15, 0.2) is 5.76 Å². The zero-order valence-corrected chi connectivity index (χ0v) is 7.81. The number of Topliss-reactive ketones (excluding diaryl/α,β-unsaturated/α-hetero) is 1. The highest BCUT2D eigenvalue weighted by atomic mass is 16.5. The van der Waals surface area contributed by atoms with Gasteiger partial charge < -0.3 is 4.74 Å². The Bertz CT molecular complexity index is 259. The highest BCUT2D eigenvalue weighted by molar-refractivity contribution is 6.10. The van der Waals surface area contributed by atoms with Crippen LogP contribution in [0, 0.1) is 0 Å². The largest absolute Gasteiger partial charge is 0.490 e. The number of rotatable bonds is 2. The number of allylic oxidation sites excluding steroid dienone is 3. The lowest BCUT2D eigenvalue weighted by molar-refractivity contribution is -0.114. The first-order chi connectivity index (χ1) is 5.70. The zero-order valence-electron chi connectivity index (χ0n) is 7.81. The molecule has 0 unspecified atom stereocenters. The minimum Gasteiger partial charge on any atom is -0.490 e. The lowest BCUT2D eigenvalue weighted by atomic mass is 10.2. The Morgan fingerprint density at radius 2 is 2.25 bits per heavy atom. The summed E-state index contributed by atoms with van der Waals surface area (Å²) in [7, 11) is 0. The summed E-state index contributed by atoms with van der Waals surface area (Å²) in [5.74, 6) is 0.627. The Hall–Kier alpha value is -1.05. The lowest BCUT2D eigenvalue weighted by Crippen LogP contribution is -2.03. The second kappa shape index (κ2) is 3.57. The van der Waals surface area contributed by atoms with Gasteiger partial charge in [0, 0.05) is 12.0 Å². The van der Waals surface area contributed by atoms with E-state index in [1.54, 1.807) is 0 Å². The fourth-order valence-corrected chi connectivity index (χ4v) is 1.35. The van der Waals surface area contributed by atoms with Crippen molar-refractivity contribution in [1.82, 2.24) is 0 Å². The van der Waals surface area contributed by atoms with Crippen molar-refractivity contribution < 1.29 is 9.53 Å². The van der Waals surface area contributed by atoms with Gasteiger partial charge in [-0.05, 0) is 26.3 Å². The Kier molecular flexibility index (Phi) is 2.69. The molecule has 0 saturated heterocycles. The van der Waals surface area contributed by atoms with Gasteiger partial charge in [0.1, 0.15) is 0 Å². The molecule has 1 rings (SSSR count). The topological polar surface area (TPSA) is 26.3 Å². The van der Waals surface area contributed by atoms with Crippen molar-refractivity contribution in [2.75, 3.05) is 6.61 Å². The molecule has 0 N–H and O–H groups in total. The van der Waals surface area contributed by atoms with Gasteiger partial charge in [-0.1, -0.05) is 6.08 Å². The van der Waals surface area contributed by atoms with E-state index in [9.17, 15) is 4.79 Å². The smallest absolute Gasteiger partial charge is 0.223 e. The van der Waals surface area contributed by atoms with Crippen LogP contribution in [-0.2, 0) is 9.53 Å². The van der Waals surface area contributed by atoms with Crippen molar-refractivity contribution in [3.8, 4) is 0 Å². The summed E-state index contributed by atoms with van der Waals surface area (Å²) in [4.78, 5) is 11.5. The van der Waals surface area contributed by atoms with Crippen LogP contribution in [0.15, 0.2) is 23.0 Å². The zero-order chi connectivity index (χ0) is 9.14. The predicted molar refractivity (Wildman–Crippen MR) is 47.7 cm³/mol. The summed E-state index contributed by atoms with van der Waals surface area (Å²) in [6, 6.07) is 0. The normalized spacial score (nSPS) is 20.9. The van der Waals surface area contributed by atoms with Crippen molar-refractivity contribution in [3.05, 3.63) is 23.0 Å². The van der Waals surface area contributed by atoms with Gasteiger partial charge >= 0.3 is 0 Å². The summed E-state index contributed by atoms with van der Waals surface area (Å²) < 4.78 is 5.25. The molecule has 12 heavy (non-hydrogen) atoms. The first-order valence-corrected chi connectivity index (χ1v) is 4.23. The lowest BCUT2D eigenvalue weighted by Gasteiger charge is -2.02. The third-order valence-electron chi connectivity index (χ3n) is 1.98. The molecule has 2 heteroatoms. The molecule has 66 valence electrons. The fourth-order valence-electron chi connectivity index (χ4n) is 1.35. The molecule has 0 spiro atoms. The molecule has 0 aromatic heterocycles. The van der Waals surface area contributed by atoms with Crippen LogP contribution < -0.4 is 0 Å². The van der Waals surface area contributed by atoms with Crippen molar-refractivity contribution >= 4 is 5.78 Å². The van der Waals surface area contributed by atoms with E-state index in [1.807, 2.05) is 26.8 Å². The average molecular weight is 166 g/mol. The van der Waals surface area contributed by atoms with E-state index in [2.05, 4.69) is 0 Å². The number of hydrogen-bond donors (Lipinski definition) is 0. The van der Waals surface area contributed by atoms with Crippen LogP contribution in [-0.4, -0.2) is 12.4 Å². The molecular formula is C10H14O2. The Labute approximate surface area is 72.9 Å². The van der Waals surface area contributed by atoms with Gasteiger partial charge in [-0.25, -0.2) is 0 Å².